The predicted octanol–water partition coefficient (Wildman–Crippen LogP) is 7.27. The van der Waals surface area contributed by atoms with Crippen molar-refractivity contribution >= 4 is 0 Å². The summed E-state index contributed by atoms with van der Waals surface area (Å²) in [5, 5.41) is 3.54. The maximum absolute atomic E-state index is 5.40. The second kappa shape index (κ2) is 16.1. The van der Waals surface area contributed by atoms with Crippen molar-refractivity contribution in [3.8, 4) is 0 Å². The highest BCUT2D eigenvalue weighted by Gasteiger charge is 2.45. The molecule has 212 valence electrons. The molecule has 1 saturated carbocycles. The summed E-state index contributed by atoms with van der Waals surface area (Å²) in [6.45, 7) is 18.3. The Morgan fingerprint density at radius 1 is 0.806 bits per heavy atom. The Morgan fingerprint density at radius 3 is 2.25 bits per heavy atom. The largest absolute Gasteiger partial charge is 0.378 e. The molecule has 4 nitrogen and oxygen atoms in total. The molecular weight excluding hydrogens is 442 g/mol. The fourth-order valence-corrected chi connectivity index (χ4v) is 7.54. The lowest BCUT2D eigenvalue weighted by Crippen LogP contribution is -2.49. The number of nitrogens with zero attached hydrogens (tertiary/aromatic N) is 2. The first-order valence-corrected chi connectivity index (χ1v) is 16.4. The van der Waals surface area contributed by atoms with Gasteiger partial charge in [-0.15, -0.1) is 0 Å². The lowest BCUT2D eigenvalue weighted by molar-refractivity contribution is 0.0419. The van der Waals surface area contributed by atoms with Gasteiger partial charge < -0.3 is 19.9 Å². The number of fused-ring (bicyclic) bond motifs is 2. The average molecular weight is 506 g/mol. The Kier molecular flexibility index (Phi) is 13.6. The Morgan fingerprint density at radius 2 is 1.53 bits per heavy atom. The molecule has 1 spiro atoms. The Labute approximate surface area is 225 Å². The average Bonchev–Trinajstić information content (AvgIpc) is 3.69. The molecule has 0 amide bonds. The summed E-state index contributed by atoms with van der Waals surface area (Å²) in [4.78, 5) is 5.50. The smallest absolute Gasteiger partial charge is 0.0649 e. The van der Waals surface area contributed by atoms with Crippen LogP contribution < -0.4 is 5.32 Å². The fraction of sp³-hybridized carbons (Fsp3) is 1.00. The lowest BCUT2D eigenvalue weighted by atomic mass is 9.84. The van der Waals surface area contributed by atoms with E-state index in [1.54, 1.807) is 0 Å². The second-order valence-electron chi connectivity index (χ2n) is 12.8. The molecule has 0 radical (unpaired) electrons. The third-order valence-corrected chi connectivity index (χ3v) is 9.70. The van der Waals surface area contributed by atoms with E-state index in [-0.39, 0.29) is 0 Å². The molecule has 6 rings (SSSR count). The normalized spacial score (nSPS) is 35.8. The van der Waals surface area contributed by atoms with Crippen LogP contribution in [-0.4, -0.2) is 72.9 Å². The number of nitrogens with one attached hydrogen (secondary N) is 1. The van der Waals surface area contributed by atoms with Gasteiger partial charge in [-0.05, 0) is 109 Å². The van der Waals surface area contributed by atoms with Crippen LogP contribution in [0.15, 0.2) is 0 Å². The monoisotopic (exact) mass is 505 g/mol. The zero-order valence-corrected chi connectivity index (χ0v) is 25.0. The highest BCUT2D eigenvalue weighted by molar-refractivity contribution is 5.04. The highest BCUT2D eigenvalue weighted by Crippen LogP contribution is 2.37. The fourth-order valence-electron chi connectivity index (χ4n) is 7.54. The van der Waals surface area contributed by atoms with Gasteiger partial charge in [-0.1, -0.05) is 59.8 Å². The van der Waals surface area contributed by atoms with Gasteiger partial charge in [-0.25, -0.2) is 0 Å². The van der Waals surface area contributed by atoms with Crippen molar-refractivity contribution in [2.45, 2.75) is 155 Å². The number of hydrogen-bond donors (Lipinski definition) is 1. The summed E-state index contributed by atoms with van der Waals surface area (Å²) in [5.74, 6) is 2.03. The van der Waals surface area contributed by atoms with Gasteiger partial charge in [0.2, 0.25) is 0 Å². The molecule has 5 saturated heterocycles. The number of rotatable bonds is 2. The van der Waals surface area contributed by atoms with Gasteiger partial charge in [-0.2, -0.15) is 0 Å². The van der Waals surface area contributed by atoms with Crippen molar-refractivity contribution in [2.24, 2.45) is 11.8 Å². The first-order valence-electron chi connectivity index (χ1n) is 16.4. The maximum Gasteiger partial charge on any atom is 0.0649 e. The quantitative estimate of drug-likeness (QED) is 0.427. The van der Waals surface area contributed by atoms with Gasteiger partial charge in [0, 0.05) is 23.7 Å². The number of morpholine rings is 1. The highest BCUT2D eigenvalue weighted by atomic mass is 16.5. The minimum absolute atomic E-state index is 0.428. The topological polar surface area (TPSA) is 27.7 Å². The summed E-state index contributed by atoms with van der Waals surface area (Å²) in [7, 11) is 0. The Hall–Kier alpha value is -0.160. The minimum atomic E-state index is 0.428. The number of hydrogen-bond acceptors (Lipinski definition) is 4. The van der Waals surface area contributed by atoms with Crippen molar-refractivity contribution in [1.82, 2.24) is 15.1 Å². The van der Waals surface area contributed by atoms with Crippen molar-refractivity contribution in [2.75, 3.05) is 39.4 Å². The SMILES string of the molecule is CC.CC1CCCN2CCCCCC12.CC1COCC2(CC2)N1.CCCC1CCN2CCCCC2C1. The molecule has 6 aliphatic rings. The molecule has 5 unspecified atom stereocenters. The van der Waals surface area contributed by atoms with E-state index in [4.69, 9.17) is 4.74 Å². The van der Waals surface area contributed by atoms with Gasteiger partial charge >= 0.3 is 0 Å². The molecule has 1 aliphatic carbocycles. The van der Waals surface area contributed by atoms with E-state index in [0.717, 1.165) is 37.1 Å². The van der Waals surface area contributed by atoms with E-state index in [1.165, 1.54) is 122 Å². The van der Waals surface area contributed by atoms with Crippen LogP contribution >= 0.6 is 0 Å². The van der Waals surface area contributed by atoms with Gasteiger partial charge in [0.15, 0.2) is 0 Å². The second-order valence-corrected chi connectivity index (χ2v) is 12.8. The van der Waals surface area contributed by atoms with E-state index < -0.39 is 0 Å². The Balaban J connectivity index is 0.000000147. The third kappa shape index (κ3) is 9.54. The van der Waals surface area contributed by atoms with Crippen LogP contribution in [-0.2, 0) is 4.74 Å². The molecule has 0 aromatic carbocycles. The van der Waals surface area contributed by atoms with E-state index >= 15 is 0 Å². The molecule has 5 atom stereocenters. The predicted molar refractivity (Wildman–Crippen MR) is 156 cm³/mol. The minimum Gasteiger partial charge on any atom is -0.378 e. The molecule has 36 heavy (non-hydrogen) atoms. The molecule has 5 heterocycles. The van der Waals surface area contributed by atoms with Crippen LogP contribution in [0.5, 0.6) is 0 Å². The summed E-state index contributed by atoms with van der Waals surface area (Å²) < 4.78 is 5.40. The van der Waals surface area contributed by atoms with Crippen LogP contribution in [0.25, 0.3) is 0 Å². The van der Waals surface area contributed by atoms with E-state index in [0.29, 0.717) is 11.6 Å². The standard InChI is InChI=1S/C12H23N.C11H21N.C7H13NO.C2H6/c1-2-5-11-7-9-13-8-4-3-6-12(13)10-11;1-10-6-5-9-12-8-4-2-3-7-11(10)12;1-6-4-9-5-7(8-6)2-3-7;1-2/h11-12H,2-10H2,1H3;10-11H,2-9H2,1H3;6,8H,2-5H2,1H3;1-2H3. The van der Waals surface area contributed by atoms with Gasteiger partial charge in [-0.3, -0.25) is 0 Å². The van der Waals surface area contributed by atoms with Crippen LogP contribution in [0.3, 0.4) is 0 Å². The lowest BCUT2D eigenvalue weighted by Gasteiger charge is -2.42. The summed E-state index contributed by atoms with van der Waals surface area (Å²) >= 11 is 0. The van der Waals surface area contributed by atoms with Crippen molar-refractivity contribution < 1.29 is 4.74 Å². The molecular formula is C32H63N3O. The number of ether oxygens (including phenoxy) is 1. The molecule has 6 fully saturated rings. The van der Waals surface area contributed by atoms with Gasteiger partial charge in [0.05, 0.1) is 13.2 Å². The first kappa shape index (κ1) is 30.4. The zero-order valence-electron chi connectivity index (χ0n) is 25.0. The van der Waals surface area contributed by atoms with E-state index in [2.05, 4.69) is 35.9 Å². The van der Waals surface area contributed by atoms with Crippen molar-refractivity contribution in [3.05, 3.63) is 0 Å². The van der Waals surface area contributed by atoms with Crippen LogP contribution in [0.4, 0.5) is 0 Å². The molecule has 4 heteroatoms. The molecule has 0 aromatic rings. The maximum atomic E-state index is 5.40. The molecule has 1 N–H and O–H groups in total. The first-order chi connectivity index (χ1) is 17.6. The van der Waals surface area contributed by atoms with E-state index in [9.17, 15) is 0 Å². The van der Waals surface area contributed by atoms with E-state index in [1.807, 2.05) is 13.8 Å². The molecule has 0 aromatic heterocycles. The summed E-state index contributed by atoms with van der Waals surface area (Å²) in [5.41, 5.74) is 0.428. The summed E-state index contributed by atoms with van der Waals surface area (Å²) in [6, 6.07) is 2.49. The molecule has 5 aliphatic heterocycles. The van der Waals surface area contributed by atoms with Gasteiger partial charge in [0.1, 0.15) is 0 Å². The van der Waals surface area contributed by atoms with Crippen LogP contribution in [0.1, 0.15) is 131 Å². The van der Waals surface area contributed by atoms with Crippen molar-refractivity contribution in [3.63, 3.8) is 0 Å². The molecule has 0 bridgehead atoms. The number of piperidine rings is 3. The third-order valence-electron chi connectivity index (χ3n) is 9.70. The van der Waals surface area contributed by atoms with Crippen LogP contribution in [0.2, 0.25) is 0 Å². The zero-order chi connectivity index (χ0) is 25.8. The van der Waals surface area contributed by atoms with Crippen LogP contribution in [0, 0.1) is 11.8 Å². The van der Waals surface area contributed by atoms with Crippen molar-refractivity contribution in [1.29, 1.82) is 0 Å². The Bertz CT molecular complexity index is 580. The van der Waals surface area contributed by atoms with Gasteiger partial charge in [0.25, 0.3) is 0 Å². The summed E-state index contributed by atoms with van der Waals surface area (Å²) in [6.07, 6.45) is 21.7.